The highest BCUT2D eigenvalue weighted by atomic mass is 32.1. The molecule has 1 fully saturated rings. The Morgan fingerprint density at radius 3 is 2.79 bits per heavy atom. The fourth-order valence-electron chi connectivity index (χ4n) is 3.70. The molecule has 1 aromatic carbocycles. The first-order chi connectivity index (χ1) is 15.9. The van der Waals surface area contributed by atoms with Gasteiger partial charge < -0.3 is 25.0 Å². The first kappa shape index (κ1) is 23.0. The van der Waals surface area contributed by atoms with E-state index in [4.69, 9.17) is 9.47 Å². The zero-order valence-corrected chi connectivity index (χ0v) is 19.4. The van der Waals surface area contributed by atoms with Crippen molar-refractivity contribution in [3.8, 4) is 11.5 Å². The lowest BCUT2D eigenvalue weighted by atomic mass is 9.97. The predicted molar refractivity (Wildman–Crippen MR) is 122 cm³/mol. The minimum Gasteiger partial charge on any atom is -0.454 e. The second-order valence-electron chi connectivity index (χ2n) is 8.50. The lowest BCUT2D eigenvalue weighted by Gasteiger charge is -2.31. The SMILES string of the molecule is CC(C)CCNC(=O)[C@@H]1CCCN(C(=O)c2nnc(C(=O)Nc3ccc4c(c3)OCO4)s2)C1. The Labute approximate surface area is 195 Å². The standard InChI is InChI=1S/C22H27N5O5S/c1-13(2)7-8-23-18(28)14-4-3-9-27(11-14)22(30)21-26-25-20(33-21)19(29)24-15-5-6-16-17(10-15)32-12-31-16/h5-6,10,13-14H,3-4,7-9,11-12H2,1-2H3,(H,23,28)(H,24,29)/t14-/m1/s1. The summed E-state index contributed by atoms with van der Waals surface area (Å²) in [6.45, 7) is 5.89. The van der Waals surface area contributed by atoms with Gasteiger partial charge in [-0.2, -0.15) is 0 Å². The van der Waals surface area contributed by atoms with E-state index in [1.165, 1.54) is 0 Å². The molecule has 0 bridgehead atoms. The number of ether oxygens (including phenoxy) is 2. The zero-order valence-electron chi connectivity index (χ0n) is 18.6. The Bertz CT molecular complexity index is 1040. The van der Waals surface area contributed by atoms with E-state index < -0.39 is 5.91 Å². The molecule has 0 radical (unpaired) electrons. The van der Waals surface area contributed by atoms with E-state index in [-0.39, 0.29) is 34.5 Å². The quantitative estimate of drug-likeness (QED) is 0.633. The highest BCUT2D eigenvalue weighted by molar-refractivity contribution is 7.15. The number of likely N-dealkylation sites (tertiary alicyclic amines) is 1. The highest BCUT2D eigenvalue weighted by Crippen LogP contribution is 2.34. The summed E-state index contributed by atoms with van der Waals surface area (Å²) in [4.78, 5) is 39.6. The molecular formula is C22H27N5O5S. The molecule has 0 saturated carbocycles. The van der Waals surface area contributed by atoms with Crippen LogP contribution in [0.15, 0.2) is 18.2 Å². The van der Waals surface area contributed by atoms with E-state index in [0.29, 0.717) is 42.7 Å². The van der Waals surface area contributed by atoms with Gasteiger partial charge in [-0.3, -0.25) is 14.4 Å². The van der Waals surface area contributed by atoms with Gasteiger partial charge in [0.15, 0.2) is 11.5 Å². The summed E-state index contributed by atoms with van der Waals surface area (Å²) in [6.07, 6.45) is 2.41. The van der Waals surface area contributed by atoms with Gasteiger partial charge in [0.05, 0.1) is 5.92 Å². The average molecular weight is 474 g/mol. The van der Waals surface area contributed by atoms with Gasteiger partial charge in [0, 0.05) is 31.4 Å². The van der Waals surface area contributed by atoms with Crippen molar-refractivity contribution >= 4 is 34.7 Å². The van der Waals surface area contributed by atoms with Gasteiger partial charge in [-0.25, -0.2) is 0 Å². The highest BCUT2D eigenvalue weighted by Gasteiger charge is 2.31. The van der Waals surface area contributed by atoms with Crippen molar-refractivity contribution in [2.24, 2.45) is 11.8 Å². The number of amides is 3. The number of aromatic nitrogens is 2. The van der Waals surface area contributed by atoms with Crippen LogP contribution in [0.25, 0.3) is 0 Å². The number of hydrogen-bond donors (Lipinski definition) is 2. The first-order valence-corrected chi connectivity index (χ1v) is 11.8. The molecule has 2 aromatic rings. The van der Waals surface area contributed by atoms with Gasteiger partial charge >= 0.3 is 0 Å². The molecule has 10 nitrogen and oxygen atoms in total. The van der Waals surface area contributed by atoms with Crippen LogP contribution >= 0.6 is 11.3 Å². The van der Waals surface area contributed by atoms with Gasteiger partial charge in [0.2, 0.25) is 22.7 Å². The largest absolute Gasteiger partial charge is 0.454 e. The Morgan fingerprint density at radius 2 is 1.97 bits per heavy atom. The minimum atomic E-state index is -0.466. The van der Waals surface area contributed by atoms with Crippen molar-refractivity contribution in [1.82, 2.24) is 20.4 Å². The molecule has 33 heavy (non-hydrogen) atoms. The van der Waals surface area contributed by atoms with Gasteiger partial charge in [-0.1, -0.05) is 25.2 Å². The number of carbonyl (C=O) groups is 3. The summed E-state index contributed by atoms with van der Waals surface area (Å²) in [6, 6.07) is 5.06. The smallest absolute Gasteiger partial charge is 0.286 e. The Kier molecular flexibility index (Phi) is 7.07. The topological polar surface area (TPSA) is 123 Å². The molecule has 4 rings (SSSR count). The molecule has 0 spiro atoms. The molecule has 1 saturated heterocycles. The summed E-state index contributed by atoms with van der Waals surface area (Å²) in [5, 5.41) is 13.7. The van der Waals surface area contributed by atoms with Gasteiger partial charge in [-0.05, 0) is 37.3 Å². The van der Waals surface area contributed by atoms with E-state index in [0.717, 1.165) is 30.6 Å². The van der Waals surface area contributed by atoms with Crippen LogP contribution in [0.2, 0.25) is 0 Å². The van der Waals surface area contributed by atoms with Crippen LogP contribution in [0.5, 0.6) is 11.5 Å². The van der Waals surface area contributed by atoms with E-state index in [1.54, 1.807) is 23.1 Å². The van der Waals surface area contributed by atoms with Crippen LogP contribution in [0.3, 0.4) is 0 Å². The van der Waals surface area contributed by atoms with Gasteiger partial charge in [-0.15, -0.1) is 10.2 Å². The second-order valence-corrected chi connectivity index (χ2v) is 9.48. The average Bonchev–Trinajstić information content (AvgIpc) is 3.48. The minimum absolute atomic E-state index is 0.0193. The lowest BCUT2D eigenvalue weighted by molar-refractivity contribution is -0.126. The number of nitrogens with one attached hydrogen (secondary N) is 2. The number of anilines is 1. The Balaban J connectivity index is 1.34. The van der Waals surface area contributed by atoms with Crippen LogP contribution in [0.1, 0.15) is 52.7 Å². The Hall–Kier alpha value is -3.21. The molecular weight excluding hydrogens is 446 g/mol. The summed E-state index contributed by atoms with van der Waals surface area (Å²) >= 11 is 0.932. The fraction of sp³-hybridized carbons (Fsp3) is 0.500. The van der Waals surface area contributed by atoms with Crippen molar-refractivity contribution in [1.29, 1.82) is 0 Å². The van der Waals surface area contributed by atoms with Crippen LogP contribution in [0.4, 0.5) is 5.69 Å². The second kappa shape index (κ2) is 10.2. The fourth-order valence-corrected chi connectivity index (χ4v) is 4.41. The summed E-state index contributed by atoms with van der Waals surface area (Å²) in [5.74, 6) is 0.647. The first-order valence-electron chi connectivity index (χ1n) is 11.0. The molecule has 2 N–H and O–H groups in total. The molecule has 1 atom stereocenters. The van der Waals surface area contributed by atoms with Crippen LogP contribution < -0.4 is 20.1 Å². The molecule has 176 valence electrons. The molecule has 2 aliphatic heterocycles. The normalized spacial score (nSPS) is 17.2. The predicted octanol–water partition coefficient (Wildman–Crippen LogP) is 2.53. The summed E-state index contributed by atoms with van der Waals surface area (Å²) < 4.78 is 10.6. The van der Waals surface area contributed by atoms with Gasteiger partial charge in [0.25, 0.3) is 11.8 Å². The van der Waals surface area contributed by atoms with Crippen molar-refractivity contribution in [3.05, 3.63) is 28.2 Å². The van der Waals surface area contributed by atoms with Crippen molar-refractivity contribution in [2.75, 3.05) is 31.7 Å². The van der Waals surface area contributed by atoms with Crippen LogP contribution in [0, 0.1) is 11.8 Å². The zero-order chi connectivity index (χ0) is 23.4. The third-order valence-electron chi connectivity index (χ3n) is 5.53. The molecule has 0 unspecified atom stereocenters. The van der Waals surface area contributed by atoms with Gasteiger partial charge in [0.1, 0.15) is 0 Å². The number of rotatable bonds is 7. The number of benzene rings is 1. The number of hydrogen-bond acceptors (Lipinski definition) is 8. The summed E-state index contributed by atoms with van der Waals surface area (Å²) in [7, 11) is 0. The van der Waals surface area contributed by atoms with Crippen molar-refractivity contribution in [2.45, 2.75) is 33.1 Å². The molecule has 3 amide bonds. The Morgan fingerprint density at radius 1 is 1.18 bits per heavy atom. The third kappa shape index (κ3) is 5.59. The number of fused-ring (bicyclic) bond motifs is 1. The van der Waals surface area contributed by atoms with Crippen LogP contribution in [-0.4, -0.2) is 59.2 Å². The van der Waals surface area contributed by atoms with Crippen molar-refractivity contribution < 1.29 is 23.9 Å². The molecule has 2 aliphatic rings. The van der Waals surface area contributed by atoms with Crippen molar-refractivity contribution in [3.63, 3.8) is 0 Å². The molecule has 1 aromatic heterocycles. The van der Waals surface area contributed by atoms with E-state index >= 15 is 0 Å². The summed E-state index contributed by atoms with van der Waals surface area (Å²) in [5.41, 5.74) is 0.523. The van der Waals surface area contributed by atoms with E-state index in [2.05, 4.69) is 34.7 Å². The third-order valence-corrected chi connectivity index (χ3v) is 6.44. The van der Waals surface area contributed by atoms with E-state index in [9.17, 15) is 14.4 Å². The molecule has 11 heteroatoms. The number of piperidine rings is 1. The maximum absolute atomic E-state index is 12.9. The molecule has 3 heterocycles. The maximum Gasteiger partial charge on any atom is 0.286 e. The monoisotopic (exact) mass is 473 g/mol. The molecule has 0 aliphatic carbocycles. The lowest BCUT2D eigenvalue weighted by Crippen LogP contribution is -2.45. The van der Waals surface area contributed by atoms with E-state index in [1.807, 2.05) is 0 Å². The number of carbonyl (C=O) groups excluding carboxylic acids is 3. The maximum atomic E-state index is 12.9. The van der Waals surface area contributed by atoms with Crippen LogP contribution in [-0.2, 0) is 4.79 Å². The number of nitrogens with zero attached hydrogens (tertiary/aromatic N) is 3.